The second-order valence-corrected chi connectivity index (χ2v) is 6.69. The molecule has 0 aliphatic carbocycles. The van der Waals surface area contributed by atoms with Gasteiger partial charge in [0.05, 0.1) is 0 Å². The van der Waals surface area contributed by atoms with E-state index in [1.54, 1.807) is 27.0 Å². The fourth-order valence-electron chi connectivity index (χ4n) is 1.49. The highest BCUT2D eigenvalue weighted by molar-refractivity contribution is 7.15. The standard InChI is InChI=1S/C14H23N3O3S/c1-7(2)10-6-15-14(21-10)17-12(19)9(5)16-13(20)11(18)8(3)4/h6-9,11,18H,1-5H3,(H,16,20)(H,15,17,19)/t9-,11-/m0/s1. The van der Waals surface area contributed by atoms with Crippen LogP contribution in [0.4, 0.5) is 5.13 Å². The van der Waals surface area contributed by atoms with Crippen LogP contribution >= 0.6 is 11.3 Å². The lowest BCUT2D eigenvalue weighted by atomic mass is 10.1. The molecule has 118 valence electrons. The maximum absolute atomic E-state index is 12.0. The Bertz CT molecular complexity index is 499. The number of aliphatic hydroxyl groups is 1. The summed E-state index contributed by atoms with van der Waals surface area (Å²) in [6.07, 6.45) is 0.615. The van der Waals surface area contributed by atoms with Crippen LogP contribution in [0.1, 0.15) is 45.4 Å². The topological polar surface area (TPSA) is 91.3 Å². The van der Waals surface area contributed by atoms with Gasteiger partial charge in [0.1, 0.15) is 12.1 Å². The Kier molecular flexibility index (Phi) is 6.29. The number of anilines is 1. The van der Waals surface area contributed by atoms with Gasteiger partial charge < -0.3 is 15.7 Å². The van der Waals surface area contributed by atoms with Gasteiger partial charge in [0.15, 0.2) is 5.13 Å². The van der Waals surface area contributed by atoms with Gasteiger partial charge in [-0.25, -0.2) is 4.98 Å². The molecule has 0 aliphatic rings. The van der Waals surface area contributed by atoms with Gasteiger partial charge in [0, 0.05) is 11.1 Å². The molecule has 6 nitrogen and oxygen atoms in total. The molecule has 1 aromatic heterocycles. The van der Waals surface area contributed by atoms with Crippen molar-refractivity contribution in [1.29, 1.82) is 0 Å². The van der Waals surface area contributed by atoms with Crippen molar-refractivity contribution < 1.29 is 14.7 Å². The predicted octanol–water partition coefficient (Wildman–Crippen LogP) is 1.73. The van der Waals surface area contributed by atoms with Gasteiger partial charge in [0.25, 0.3) is 0 Å². The quantitative estimate of drug-likeness (QED) is 0.746. The third-order valence-corrected chi connectivity index (χ3v) is 4.19. The minimum absolute atomic E-state index is 0.201. The molecule has 0 fully saturated rings. The van der Waals surface area contributed by atoms with Gasteiger partial charge in [-0.2, -0.15) is 0 Å². The molecule has 2 atom stereocenters. The number of nitrogens with zero attached hydrogens (tertiary/aromatic N) is 1. The van der Waals surface area contributed by atoms with Crippen molar-refractivity contribution in [3.8, 4) is 0 Å². The summed E-state index contributed by atoms with van der Waals surface area (Å²) < 4.78 is 0. The number of thiazole rings is 1. The van der Waals surface area contributed by atoms with Gasteiger partial charge in [0.2, 0.25) is 11.8 Å². The summed E-state index contributed by atoms with van der Waals surface area (Å²) in [7, 11) is 0. The summed E-state index contributed by atoms with van der Waals surface area (Å²) in [6.45, 7) is 9.14. The monoisotopic (exact) mass is 313 g/mol. The van der Waals surface area contributed by atoms with Crippen molar-refractivity contribution >= 4 is 28.3 Å². The van der Waals surface area contributed by atoms with E-state index in [4.69, 9.17) is 0 Å². The molecule has 3 N–H and O–H groups in total. The smallest absolute Gasteiger partial charge is 0.249 e. The molecule has 0 spiro atoms. The number of carbonyl (C=O) groups excluding carboxylic acids is 2. The van der Waals surface area contributed by atoms with Crippen LogP contribution in [0.3, 0.4) is 0 Å². The van der Waals surface area contributed by atoms with E-state index in [2.05, 4.69) is 29.5 Å². The van der Waals surface area contributed by atoms with Crippen molar-refractivity contribution in [3.63, 3.8) is 0 Å². The second-order valence-electron chi connectivity index (χ2n) is 5.63. The Labute approximate surface area is 129 Å². The Balaban J connectivity index is 2.56. The average molecular weight is 313 g/mol. The molecule has 1 aromatic rings. The number of aromatic nitrogens is 1. The van der Waals surface area contributed by atoms with Crippen molar-refractivity contribution in [2.45, 2.75) is 52.7 Å². The number of amides is 2. The highest BCUT2D eigenvalue weighted by atomic mass is 32.1. The fraction of sp³-hybridized carbons (Fsp3) is 0.643. The number of hydrogen-bond acceptors (Lipinski definition) is 5. The van der Waals surface area contributed by atoms with E-state index in [9.17, 15) is 14.7 Å². The SMILES string of the molecule is CC(C)c1cnc(NC(=O)[C@H](C)NC(=O)[C@@H](O)C(C)C)s1. The molecule has 1 rings (SSSR count). The number of nitrogens with one attached hydrogen (secondary N) is 2. The normalized spacial score (nSPS) is 14.1. The number of carbonyl (C=O) groups is 2. The number of hydrogen-bond donors (Lipinski definition) is 3. The minimum atomic E-state index is -1.12. The Morgan fingerprint density at radius 1 is 1.19 bits per heavy atom. The van der Waals surface area contributed by atoms with E-state index in [-0.39, 0.29) is 11.8 Å². The molecule has 0 saturated heterocycles. The summed E-state index contributed by atoms with van der Waals surface area (Å²) in [6, 6.07) is -0.739. The first-order valence-corrected chi connectivity index (χ1v) is 7.79. The summed E-state index contributed by atoms with van der Waals surface area (Å²) >= 11 is 1.41. The van der Waals surface area contributed by atoms with Crippen LogP contribution in [0, 0.1) is 5.92 Å². The largest absolute Gasteiger partial charge is 0.383 e. The summed E-state index contributed by atoms with van der Waals surface area (Å²) in [5.74, 6) is -0.752. The number of aliphatic hydroxyl groups excluding tert-OH is 1. The highest BCUT2D eigenvalue weighted by Crippen LogP contribution is 2.25. The molecule has 0 saturated carbocycles. The molecular weight excluding hydrogens is 290 g/mol. The van der Waals surface area contributed by atoms with Crippen LogP contribution in [0.25, 0.3) is 0 Å². The lowest BCUT2D eigenvalue weighted by molar-refractivity contribution is -0.134. The van der Waals surface area contributed by atoms with Gasteiger partial charge in [-0.1, -0.05) is 27.7 Å². The molecule has 2 amide bonds. The molecular formula is C14H23N3O3S. The Morgan fingerprint density at radius 3 is 2.29 bits per heavy atom. The van der Waals surface area contributed by atoms with Crippen LogP contribution in [0.15, 0.2) is 6.20 Å². The van der Waals surface area contributed by atoms with Crippen LogP contribution in [-0.2, 0) is 9.59 Å². The summed E-state index contributed by atoms with van der Waals surface area (Å²) in [4.78, 5) is 28.9. The predicted molar refractivity (Wildman–Crippen MR) is 83.3 cm³/mol. The lowest BCUT2D eigenvalue weighted by Gasteiger charge is -2.18. The molecule has 0 bridgehead atoms. The van der Waals surface area contributed by atoms with Crippen LogP contribution in [0.5, 0.6) is 0 Å². The van der Waals surface area contributed by atoms with E-state index in [1.165, 1.54) is 11.3 Å². The van der Waals surface area contributed by atoms with Gasteiger partial charge in [-0.05, 0) is 18.8 Å². The second kappa shape index (κ2) is 7.51. The molecule has 0 aromatic carbocycles. The van der Waals surface area contributed by atoms with E-state index < -0.39 is 18.1 Å². The maximum Gasteiger partial charge on any atom is 0.249 e. The molecule has 7 heteroatoms. The summed E-state index contributed by atoms with van der Waals surface area (Å²) in [5, 5.41) is 15.3. The molecule has 0 unspecified atom stereocenters. The zero-order valence-corrected chi connectivity index (χ0v) is 13.8. The highest BCUT2D eigenvalue weighted by Gasteiger charge is 2.23. The van der Waals surface area contributed by atoms with E-state index in [0.29, 0.717) is 11.0 Å². The van der Waals surface area contributed by atoms with E-state index in [1.807, 2.05) is 0 Å². The lowest BCUT2D eigenvalue weighted by Crippen LogP contribution is -2.47. The van der Waals surface area contributed by atoms with Gasteiger partial charge in [-0.3, -0.25) is 9.59 Å². The van der Waals surface area contributed by atoms with Crippen LogP contribution in [-0.4, -0.2) is 34.1 Å². The van der Waals surface area contributed by atoms with Crippen LogP contribution in [0.2, 0.25) is 0 Å². The molecule has 1 heterocycles. The van der Waals surface area contributed by atoms with Crippen molar-refractivity contribution in [1.82, 2.24) is 10.3 Å². The molecule has 21 heavy (non-hydrogen) atoms. The summed E-state index contributed by atoms with van der Waals surface area (Å²) in [5.41, 5.74) is 0. The minimum Gasteiger partial charge on any atom is -0.383 e. The zero-order chi connectivity index (χ0) is 16.2. The van der Waals surface area contributed by atoms with Crippen molar-refractivity contribution in [3.05, 3.63) is 11.1 Å². The number of rotatable bonds is 6. The van der Waals surface area contributed by atoms with Crippen molar-refractivity contribution in [2.24, 2.45) is 5.92 Å². The molecule has 0 radical (unpaired) electrons. The van der Waals surface area contributed by atoms with E-state index in [0.717, 1.165) is 4.88 Å². The first kappa shape index (κ1) is 17.6. The third-order valence-electron chi connectivity index (χ3n) is 2.97. The zero-order valence-electron chi connectivity index (χ0n) is 13.0. The maximum atomic E-state index is 12.0. The first-order valence-electron chi connectivity index (χ1n) is 6.97. The Hall–Kier alpha value is -1.47. The Morgan fingerprint density at radius 2 is 1.81 bits per heavy atom. The van der Waals surface area contributed by atoms with Gasteiger partial charge >= 0.3 is 0 Å². The van der Waals surface area contributed by atoms with Crippen LogP contribution < -0.4 is 10.6 Å². The average Bonchev–Trinajstić information content (AvgIpc) is 2.86. The third kappa shape index (κ3) is 5.09. The van der Waals surface area contributed by atoms with Crippen molar-refractivity contribution in [2.75, 3.05) is 5.32 Å². The van der Waals surface area contributed by atoms with Gasteiger partial charge in [-0.15, -0.1) is 11.3 Å². The first-order chi connectivity index (χ1) is 9.72. The van der Waals surface area contributed by atoms with E-state index >= 15 is 0 Å². The molecule has 0 aliphatic heterocycles. The fourth-order valence-corrected chi connectivity index (χ4v) is 2.31.